The van der Waals surface area contributed by atoms with Crippen LogP contribution < -0.4 is 15.4 Å². The molecular weight excluding hydrogens is 240 g/mol. The molecular formula is C15H24N2O2. The lowest BCUT2D eigenvalue weighted by molar-refractivity contribution is -0.126. The zero-order chi connectivity index (χ0) is 14.6. The molecule has 19 heavy (non-hydrogen) atoms. The van der Waals surface area contributed by atoms with Crippen LogP contribution in [-0.2, 0) is 11.3 Å². The lowest BCUT2D eigenvalue weighted by Crippen LogP contribution is -2.50. The van der Waals surface area contributed by atoms with Gasteiger partial charge in [0, 0.05) is 12.1 Å². The first-order valence-corrected chi connectivity index (χ1v) is 6.43. The van der Waals surface area contributed by atoms with Crippen molar-refractivity contribution in [2.75, 3.05) is 14.2 Å². The molecule has 1 amide bonds. The second-order valence-electron chi connectivity index (χ2n) is 5.33. The standard InChI is InChI=1S/C15H24N2O2/c1-10-7-11(2)13(19-6)12(8-10)9-17-14(18)15(3,4)16-5/h7-8,16H,9H2,1-6H3,(H,17,18). The van der Waals surface area contributed by atoms with Crippen molar-refractivity contribution in [1.82, 2.24) is 10.6 Å². The maximum Gasteiger partial charge on any atom is 0.239 e. The van der Waals surface area contributed by atoms with E-state index in [2.05, 4.69) is 16.7 Å². The SMILES string of the molecule is CNC(C)(C)C(=O)NCc1cc(C)cc(C)c1OC. The van der Waals surface area contributed by atoms with Gasteiger partial charge in [-0.1, -0.05) is 17.7 Å². The number of methoxy groups -OCH3 is 1. The van der Waals surface area contributed by atoms with E-state index in [0.29, 0.717) is 6.54 Å². The highest BCUT2D eigenvalue weighted by atomic mass is 16.5. The number of aryl methyl sites for hydroxylation is 2. The molecule has 4 nitrogen and oxygen atoms in total. The molecule has 1 rings (SSSR count). The molecule has 0 atom stereocenters. The zero-order valence-corrected chi connectivity index (χ0v) is 12.7. The minimum atomic E-state index is -0.577. The largest absolute Gasteiger partial charge is 0.496 e. The maximum atomic E-state index is 12.0. The zero-order valence-electron chi connectivity index (χ0n) is 12.7. The summed E-state index contributed by atoms with van der Waals surface area (Å²) in [5.41, 5.74) is 2.67. The van der Waals surface area contributed by atoms with Crippen molar-refractivity contribution in [3.63, 3.8) is 0 Å². The number of benzene rings is 1. The smallest absolute Gasteiger partial charge is 0.239 e. The Morgan fingerprint density at radius 2 is 1.95 bits per heavy atom. The van der Waals surface area contributed by atoms with Crippen molar-refractivity contribution in [1.29, 1.82) is 0 Å². The number of nitrogens with one attached hydrogen (secondary N) is 2. The third-order valence-electron chi connectivity index (χ3n) is 3.33. The van der Waals surface area contributed by atoms with E-state index in [0.717, 1.165) is 22.4 Å². The number of amides is 1. The summed E-state index contributed by atoms with van der Waals surface area (Å²) in [4.78, 5) is 12.0. The van der Waals surface area contributed by atoms with Gasteiger partial charge in [0.2, 0.25) is 5.91 Å². The highest BCUT2D eigenvalue weighted by molar-refractivity contribution is 5.85. The Morgan fingerprint density at radius 3 is 2.47 bits per heavy atom. The van der Waals surface area contributed by atoms with E-state index in [4.69, 9.17) is 4.74 Å². The fourth-order valence-electron chi connectivity index (χ4n) is 1.98. The predicted molar refractivity (Wildman–Crippen MR) is 77.5 cm³/mol. The molecule has 4 heteroatoms. The van der Waals surface area contributed by atoms with Crippen LogP contribution in [0, 0.1) is 13.8 Å². The van der Waals surface area contributed by atoms with Crippen molar-refractivity contribution in [2.45, 2.75) is 39.8 Å². The third kappa shape index (κ3) is 3.70. The topological polar surface area (TPSA) is 50.4 Å². The normalized spacial score (nSPS) is 11.3. The summed E-state index contributed by atoms with van der Waals surface area (Å²) in [6.45, 7) is 8.21. The molecule has 2 N–H and O–H groups in total. The van der Waals surface area contributed by atoms with Gasteiger partial charge in [0.1, 0.15) is 5.75 Å². The Hall–Kier alpha value is -1.55. The molecule has 0 heterocycles. The van der Waals surface area contributed by atoms with Gasteiger partial charge in [-0.25, -0.2) is 0 Å². The summed E-state index contributed by atoms with van der Waals surface area (Å²) in [6.07, 6.45) is 0. The molecule has 0 bridgehead atoms. The van der Waals surface area contributed by atoms with Crippen LogP contribution in [0.4, 0.5) is 0 Å². The Morgan fingerprint density at radius 1 is 1.32 bits per heavy atom. The van der Waals surface area contributed by atoms with Crippen LogP contribution >= 0.6 is 0 Å². The molecule has 0 spiro atoms. The van der Waals surface area contributed by atoms with E-state index >= 15 is 0 Å². The summed E-state index contributed by atoms with van der Waals surface area (Å²) < 4.78 is 5.41. The van der Waals surface area contributed by atoms with E-state index < -0.39 is 5.54 Å². The summed E-state index contributed by atoms with van der Waals surface area (Å²) in [5, 5.41) is 5.92. The van der Waals surface area contributed by atoms with E-state index in [-0.39, 0.29) is 5.91 Å². The number of rotatable bonds is 5. The van der Waals surface area contributed by atoms with Crippen LogP contribution in [0.5, 0.6) is 5.75 Å². The van der Waals surface area contributed by atoms with Crippen LogP contribution in [0.3, 0.4) is 0 Å². The monoisotopic (exact) mass is 264 g/mol. The van der Waals surface area contributed by atoms with Gasteiger partial charge in [-0.2, -0.15) is 0 Å². The fraction of sp³-hybridized carbons (Fsp3) is 0.533. The number of ether oxygens (including phenoxy) is 1. The molecule has 0 fully saturated rings. The minimum Gasteiger partial charge on any atom is -0.496 e. The van der Waals surface area contributed by atoms with Crippen LogP contribution in [0.25, 0.3) is 0 Å². The Kier molecular flexibility index (Phi) is 4.95. The van der Waals surface area contributed by atoms with Gasteiger partial charge in [0.25, 0.3) is 0 Å². The van der Waals surface area contributed by atoms with Crippen LogP contribution in [0.1, 0.15) is 30.5 Å². The van der Waals surface area contributed by atoms with E-state index in [9.17, 15) is 4.79 Å². The highest BCUT2D eigenvalue weighted by Crippen LogP contribution is 2.25. The molecule has 0 saturated heterocycles. The first-order chi connectivity index (χ1) is 8.81. The van der Waals surface area contributed by atoms with Crippen LogP contribution in [0.15, 0.2) is 12.1 Å². The molecule has 1 aromatic carbocycles. The van der Waals surface area contributed by atoms with Crippen molar-refractivity contribution >= 4 is 5.91 Å². The van der Waals surface area contributed by atoms with Crippen LogP contribution in [0.2, 0.25) is 0 Å². The number of carbonyl (C=O) groups is 1. The number of likely N-dealkylation sites (N-methyl/N-ethyl adjacent to an activating group) is 1. The molecule has 0 unspecified atom stereocenters. The summed E-state index contributed by atoms with van der Waals surface area (Å²) in [5.74, 6) is 0.810. The molecule has 0 aliphatic heterocycles. The van der Waals surface area contributed by atoms with Crippen molar-refractivity contribution < 1.29 is 9.53 Å². The van der Waals surface area contributed by atoms with E-state index in [1.165, 1.54) is 0 Å². The lowest BCUT2D eigenvalue weighted by Gasteiger charge is -2.23. The Bertz CT molecular complexity index is 467. The molecule has 0 aromatic heterocycles. The average Bonchev–Trinajstić information content (AvgIpc) is 2.35. The minimum absolute atomic E-state index is 0.0313. The number of hydrogen-bond donors (Lipinski definition) is 2. The van der Waals surface area contributed by atoms with Gasteiger partial charge in [-0.3, -0.25) is 4.79 Å². The quantitative estimate of drug-likeness (QED) is 0.854. The maximum absolute atomic E-state index is 12.0. The van der Waals surface area contributed by atoms with Crippen LogP contribution in [-0.4, -0.2) is 25.6 Å². The molecule has 0 radical (unpaired) electrons. The third-order valence-corrected chi connectivity index (χ3v) is 3.33. The first kappa shape index (κ1) is 15.5. The van der Waals surface area contributed by atoms with Gasteiger partial charge >= 0.3 is 0 Å². The van der Waals surface area contributed by atoms with E-state index in [1.54, 1.807) is 14.2 Å². The molecule has 0 aliphatic rings. The van der Waals surface area contributed by atoms with Gasteiger partial charge in [-0.15, -0.1) is 0 Å². The van der Waals surface area contributed by atoms with E-state index in [1.807, 2.05) is 33.8 Å². The van der Waals surface area contributed by atoms with Crippen molar-refractivity contribution in [3.05, 3.63) is 28.8 Å². The average molecular weight is 264 g/mol. The summed E-state index contributed by atoms with van der Waals surface area (Å²) in [6, 6.07) is 4.11. The molecule has 0 aliphatic carbocycles. The summed E-state index contributed by atoms with van der Waals surface area (Å²) in [7, 11) is 3.43. The Labute approximate surface area is 115 Å². The summed E-state index contributed by atoms with van der Waals surface area (Å²) >= 11 is 0. The Balaban J connectivity index is 2.86. The van der Waals surface area contributed by atoms with Gasteiger partial charge < -0.3 is 15.4 Å². The van der Waals surface area contributed by atoms with Gasteiger partial charge in [0.05, 0.1) is 12.6 Å². The molecule has 0 saturated carbocycles. The number of hydrogen-bond acceptors (Lipinski definition) is 3. The number of carbonyl (C=O) groups excluding carboxylic acids is 1. The first-order valence-electron chi connectivity index (χ1n) is 6.43. The second-order valence-corrected chi connectivity index (χ2v) is 5.33. The van der Waals surface area contributed by atoms with Gasteiger partial charge in [0.15, 0.2) is 0 Å². The van der Waals surface area contributed by atoms with Crippen molar-refractivity contribution in [2.24, 2.45) is 0 Å². The lowest BCUT2D eigenvalue weighted by atomic mass is 10.0. The molecule has 106 valence electrons. The fourth-order valence-corrected chi connectivity index (χ4v) is 1.98. The predicted octanol–water partition coefficient (Wildman–Crippen LogP) is 1.93. The van der Waals surface area contributed by atoms with Crippen molar-refractivity contribution in [3.8, 4) is 5.75 Å². The highest BCUT2D eigenvalue weighted by Gasteiger charge is 2.24. The molecule has 1 aromatic rings. The second kappa shape index (κ2) is 6.06. The van der Waals surface area contributed by atoms with Gasteiger partial charge in [-0.05, 0) is 40.3 Å².